The predicted molar refractivity (Wildman–Crippen MR) is 118 cm³/mol. The van der Waals surface area contributed by atoms with E-state index in [0.29, 0.717) is 6.61 Å². The third-order valence-corrected chi connectivity index (χ3v) is 5.45. The maximum atomic E-state index is 10.5. The second-order valence-corrected chi connectivity index (χ2v) is 7.82. The second kappa shape index (κ2) is 12.0. The molecule has 2 aromatic rings. The molecule has 0 bridgehead atoms. The minimum Gasteiger partial charge on any atom is -0.497 e. The molecule has 1 heterocycles. The van der Waals surface area contributed by atoms with Crippen molar-refractivity contribution >= 4 is 0 Å². The minimum atomic E-state index is -1.02. The number of aryl methyl sites for hydroxylation is 1. The van der Waals surface area contributed by atoms with Crippen LogP contribution < -0.4 is 4.74 Å². The highest BCUT2D eigenvalue weighted by molar-refractivity contribution is 5.27. The maximum Gasteiger partial charge on any atom is 0.118 e. The van der Waals surface area contributed by atoms with Gasteiger partial charge in [-0.1, -0.05) is 54.6 Å². The average Bonchev–Trinajstić information content (AvgIpc) is 2.80. The van der Waals surface area contributed by atoms with Crippen LogP contribution in [0.3, 0.4) is 0 Å². The quantitative estimate of drug-likeness (QED) is 0.504. The fourth-order valence-electron chi connectivity index (χ4n) is 3.59. The molecule has 1 aliphatic rings. The molecule has 5 atom stereocenters. The number of benzene rings is 2. The van der Waals surface area contributed by atoms with E-state index < -0.39 is 30.5 Å². The largest absolute Gasteiger partial charge is 0.497 e. The lowest BCUT2D eigenvalue weighted by Gasteiger charge is -2.37. The van der Waals surface area contributed by atoms with E-state index in [1.54, 1.807) is 13.2 Å². The highest BCUT2D eigenvalue weighted by Gasteiger charge is 2.38. The van der Waals surface area contributed by atoms with Crippen molar-refractivity contribution in [2.24, 2.45) is 0 Å². The van der Waals surface area contributed by atoms with Gasteiger partial charge in [0.1, 0.15) is 24.1 Å². The van der Waals surface area contributed by atoms with Crippen LogP contribution in [0.2, 0.25) is 0 Å². The normalized spacial score (nSPS) is 24.9. The monoisotopic (exact) mass is 428 g/mol. The van der Waals surface area contributed by atoms with Gasteiger partial charge in [-0.3, -0.25) is 0 Å². The first kappa shape index (κ1) is 23.4. The van der Waals surface area contributed by atoms with Crippen molar-refractivity contribution in [1.29, 1.82) is 0 Å². The molecule has 6 heteroatoms. The van der Waals surface area contributed by atoms with Crippen molar-refractivity contribution in [3.63, 3.8) is 0 Å². The summed E-state index contributed by atoms with van der Waals surface area (Å²) in [7, 11) is 1.64. The molecular formula is C25H32O6. The molecule has 0 saturated carbocycles. The zero-order chi connectivity index (χ0) is 22.1. The Bertz CT molecular complexity index is 791. The molecule has 31 heavy (non-hydrogen) atoms. The molecule has 3 rings (SSSR count). The Balaban J connectivity index is 1.46. The van der Waals surface area contributed by atoms with Crippen LogP contribution in [0.15, 0.2) is 66.7 Å². The first-order chi connectivity index (χ1) is 15.1. The fourth-order valence-corrected chi connectivity index (χ4v) is 3.59. The summed E-state index contributed by atoms with van der Waals surface area (Å²) in [6.07, 6.45) is 1.32. The molecule has 0 unspecified atom stereocenters. The molecule has 0 aliphatic carbocycles. The van der Waals surface area contributed by atoms with E-state index in [0.717, 1.165) is 24.2 Å². The number of aliphatic hydroxyl groups is 3. The third kappa shape index (κ3) is 7.16. The second-order valence-electron chi connectivity index (χ2n) is 7.82. The average molecular weight is 429 g/mol. The molecule has 1 aliphatic heterocycles. The van der Waals surface area contributed by atoms with Gasteiger partial charge in [0.2, 0.25) is 0 Å². The van der Waals surface area contributed by atoms with E-state index in [2.05, 4.69) is 0 Å². The van der Waals surface area contributed by atoms with E-state index in [9.17, 15) is 15.3 Å². The van der Waals surface area contributed by atoms with E-state index in [-0.39, 0.29) is 13.0 Å². The summed E-state index contributed by atoms with van der Waals surface area (Å²) in [5.41, 5.74) is 2.20. The van der Waals surface area contributed by atoms with Crippen LogP contribution in [-0.4, -0.2) is 59.6 Å². The van der Waals surface area contributed by atoms with Crippen LogP contribution >= 0.6 is 0 Å². The smallest absolute Gasteiger partial charge is 0.118 e. The summed E-state index contributed by atoms with van der Waals surface area (Å²) in [6, 6.07) is 17.6. The summed E-state index contributed by atoms with van der Waals surface area (Å²) in [6.45, 7) is 0.487. The van der Waals surface area contributed by atoms with E-state index in [1.807, 2.05) is 60.7 Å². The zero-order valence-electron chi connectivity index (χ0n) is 17.8. The van der Waals surface area contributed by atoms with Gasteiger partial charge in [-0.2, -0.15) is 0 Å². The lowest BCUT2D eigenvalue weighted by Crippen LogP contribution is -2.51. The molecule has 0 aromatic heterocycles. The van der Waals surface area contributed by atoms with Crippen molar-refractivity contribution in [2.75, 3.05) is 13.7 Å². The van der Waals surface area contributed by atoms with Gasteiger partial charge in [0.05, 0.1) is 32.5 Å². The summed E-state index contributed by atoms with van der Waals surface area (Å²) < 4.78 is 16.6. The number of hydrogen-bond donors (Lipinski definition) is 3. The van der Waals surface area contributed by atoms with Crippen molar-refractivity contribution < 1.29 is 29.5 Å². The highest BCUT2D eigenvalue weighted by Crippen LogP contribution is 2.24. The van der Waals surface area contributed by atoms with Crippen LogP contribution in [-0.2, 0) is 22.5 Å². The van der Waals surface area contributed by atoms with Gasteiger partial charge in [0.25, 0.3) is 0 Å². The number of allylic oxidation sites excluding steroid dienone is 1. The topological polar surface area (TPSA) is 88.4 Å². The zero-order valence-corrected chi connectivity index (χ0v) is 17.8. The van der Waals surface area contributed by atoms with Crippen LogP contribution in [0, 0.1) is 0 Å². The van der Waals surface area contributed by atoms with Crippen molar-refractivity contribution in [2.45, 2.75) is 56.4 Å². The van der Waals surface area contributed by atoms with Crippen LogP contribution in [0.1, 0.15) is 24.0 Å². The molecular weight excluding hydrogens is 396 g/mol. The molecule has 0 amide bonds. The van der Waals surface area contributed by atoms with Crippen molar-refractivity contribution in [3.05, 3.63) is 77.9 Å². The maximum absolute atomic E-state index is 10.5. The number of aliphatic hydroxyl groups excluding tert-OH is 3. The molecule has 168 valence electrons. The summed E-state index contributed by atoms with van der Waals surface area (Å²) in [4.78, 5) is 0. The van der Waals surface area contributed by atoms with Gasteiger partial charge in [0.15, 0.2) is 0 Å². The number of rotatable bonds is 10. The first-order valence-electron chi connectivity index (χ1n) is 10.7. The van der Waals surface area contributed by atoms with E-state index >= 15 is 0 Å². The summed E-state index contributed by atoms with van der Waals surface area (Å²) in [5, 5.41) is 31.0. The molecule has 0 radical (unpaired) electrons. The molecule has 3 N–H and O–H groups in total. The Morgan fingerprint density at radius 1 is 1.06 bits per heavy atom. The minimum absolute atomic E-state index is 0.0935. The summed E-state index contributed by atoms with van der Waals surface area (Å²) in [5.74, 6) is 0.823. The fraction of sp³-hybridized carbons (Fsp3) is 0.440. The van der Waals surface area contributed by atoms with Gasteiger partial charge in [-0.05, 0) is 36.1 Å². The predicted octanol–water partition coefficient (Wildman–Crippen LogP) is 2.64. The number of methoxy groups -OCH3 is 1. The van der Waals surface area contributed by atoms with Gasteiger partial charge < -0.3 is 29.5 Å². The van der Waals surface area contributed by atoms with Gasteiger partial charge in [-0.25, -0.2) is 0 Å². The Morgan fingerprint density at radius 3 is 2.52 bits per heavy atom. The third-order valence-electron chi connectivity index (χ3n) is 5.45. The van der Waals surface area contributed by atoms with Gasteiger partial charge >= 0.3 is 0 Å². The Hall–Kier alpha value is -2.22. The molecule has 6 nitrogen and oxygen atoms in total. The summed E-state index contributed by atoms with van der Waals surface area (Å²) >= 11 is 0. The van der Waals surface area contributed by atoms with Crippen molar-refractivity contribution in [3.8, 4) is 5.75 Å². The van der Waals surface area contributed by atoms with Crippen LogP contribution in [0.5, 0.6) is 5.75 Å². The van der Waals surface area contributed by atoms with Crippen LogP contribution in [0.25, 0.3) is 0 Å². The number of hydrogen-bond acceptors (Lipinski definition) is 6. The van der Waals surface area contributed by atoms with Crippen molar-refractivity contribution in [1.82, 2.24) is 0 Å². The Labute approximate surface area is 183 Å². The molecule has 2 aromatic carbocycles. The standard InChI is InChI=1S/C25H32O6/c1-29-20-13-11-18(12-14-20)7-5-6-10-23-25(28)21(26)15-24(31-23)22(27)17-30-16-19-8-3-2-4-9-19/h2-4,6,8-14,21-28H,5,7,15-17H2,1H3/b10-6+/t21-,22-,23+,24-,25-/m0/s1. The van der Waals surface area contributed by atoms with E-state index in [1.165, 1.54) is 5.56 Å². The molecule has 1 fully saturated rings. The van der Waals surface area contributed by atoms with E-state index in [4.69, 9.17) is 14.2 Å². The lowest BCUT2D eigenvalue weighted by atomic mass is 9.94. The van der Waals surface area contributed by atoms with Gasteiger partial charge in [-0.15, -0.1) is 0 Å². The molecule has 1 saturated heterocycles. The van der Waals surface area contributed by atoms with Crippen LogP contribution in [0.4, 0.5) is 0 Å². The Morgan fingerprint density at radius 2 is 1.81 bits per heavy atom. The Kier molecular flexibility index (Phi) is 9.06. The molecule has 0 spiro atoms. The number of ether oxygens (including phenoxy) is 3. The SMILES string of the molecule is COc1ccc(CC/C=C/[C@H]2O[C@H]([C@@H](O)COCc3ccccc3)C[C@H](O)[C@@H]2O)cc1. The highest BCUT2D eigenvalue weighted by atomic mass is 16.5. The van der Waals surface area contributed by atoms with Gasteiger partial charge in [0, 0.05) is 6.42 Å². The lowest BCUT2D eigenvalue weighted by molar-refractivity contribution is -0.185. The first-order valence-corrected chi connectivity index (χ1v) is 10.7.